The SMILES string of the molecule is O=C(CC(c1cccc(C(F)(F)F)c1)c1cnc2ccc(Cl)cn12)N1CCN(CC=Cc2ccccc2)CC1. The highest BCUT2D eigenvalue weighted by Gasteiger charge is 2.32. The molecule has 0 aliphatic carbocycles. The van der Waals surface area contributed by atoms with Crippen molar-refractivity contribution in [2.45, 2.75) is 18.5 Å². The third-order valence-electron chi connectivity index (χ3n) is 7.05. The van der Waals surface area contributed by atoms with Crippen LogP contribution in [0.3, 0.4) is 0 Å². The van der Waals surface area contributed by atoms with E-state index in [2.05, 4.69) is 22.0 Å². The molecule has 1 amide bonds. The second-order valence-corrected chi connectivity index (χ2v) is 10.1. The minimum atomic E-state index is -4.49. The Labute approximate surface area is 230 Å². The summed E-state index contributed by atoms with van der Waals surface area (Å²) in [6.45, 7) is 3.36. The fraction of sp³-hybridized carbons (Fsp3) is 0.267. The summed E-state index contributed by atoms with van der Waals surface area (Å²) >= 11 is 6.21. The fourth-order valence-corrected chi connectivity index (χ4v) is 5.10. The molecule has 5 nitrogen and oxygen atoms in total. The lowest BCUT2D eigenvalue weighted by Gasteiger charge is -2.35. The van der Waals surface area contributed by atoms with Crippen LogP contribution in [-0.2, 0) is 11.0 Å². The van der Waals surface area contributed by atoms with Crippen LogP contribution in [0.4, 0.5) is 13.2 Å². The third-order valence-corrected chi connectivity index (χ3v) is 7.27. The second-order valence-electron chi connectivity index (χ2n) is 9.63. The van der Waals surface area contributed by atoms with Gasteiger partial charge in [0.05, 0.1) is 16.3 Å². The van der Waals surface area contributed by atoms with Gasteiger partial charge in [0.25, 0.3) is 0 Å². The van der Waals surface area contributed by atoms with Crippen LogP contribution < -0.4 is 0 Å². The third kappa shape index (κ3) is 6.52. The molecule has 9 heteroatoms. The molecule has 0 bridgehead atoms. The Morgan fingerprint density at radius 1 is 1.00 bits per heavy atom. The lowest BCUT2D eigenvalue weighted by atomic mass is 9.90. The number of piperazine rings is 1. The highest BCUT2D eigenvalue weighted by molar-refractivity contribution is 6.30. The molecule has 0 radical (unpaired) electrons. The summed E-state index contributed by atoms with van der Waals surface area (Å²) in [7, 11) is 0. The quantitative estimate of drug-likeness (QED) is 0.267. The lowest BCUT2D eigenvalue weighted by Crippen LogP contribution is -2.48. The molecule has 1 saturated heterocycles. The maximum atomic E-state index is 13.5. The molecular formula is C30H28ClF3N4O. The van der Waals surface area contributed by atoms with Crippen molar-refractivity contribution in [3.8, 4) is 0 Å². The summed E-state index contributed by atoms with van der Waals surface area (Å²) < 4.78 is 42.4. The van der Waals surface area contributed by atoms with Gasteiger partial charge in [0, 0.05) is 57.5 Å². The first-order chi connectivity index (χ1) is 18.8. The molecule has 2 aromatic carbocycles. The summed E-state index contributed by atoms with van der Waals surface area (Å²) in [5, 5.41) is 0.466. The van der Waals surface area contributed by atoms with E-state index in [1.807, 2.05) is 30.3 Å². The lowest BCUT2D eigenvalue weighted by molar-refractivity contribution is -0.137. The normalized spacial score (nSPS) is 15.7. The molecular weight excluding hydrogens is 525 g/mol. The number of nitrogens with zero attached hydrogens (tertiary/aromatic N) is 4. The van der Waals surface area contributed by atoms with Gasteiger partial charge in [0.2, 0.25) is 5.91 Å². The maximum Gasteiger partial charge on any atom is 0.416 e. The minimum Gasteiger partial charge on any atom is -0.340 e. The van der Waals surface area contributed by atoms with Gasteiger partial charge in [-0.1, -0.05) is 72.3 Å². The highest BCUT2D eigenvalue weighted by Crippen LogP contribution is 2.35. The Balaban J connectivity index is 1.32. The predicted molar refractivity (Wildman–Crippen MR) is 147 cm³/mol. The molecule has 1 atom stereocenters. The summed E-state index contributed by atoms with van der Waals surface area (Å²) in [6, 6.07) is 18.7. The molecule has 3 heterocycles. The average molecular weight is 553 g/mol. The van der Waals surface area contributed by atoms with Crippen molar-refractivity contribution in [3.63, 3.8) is 0 Å². The Kier molecular flexibility index (Phi) is 8.04. The van der Waals surface area contributed by atoms with E-state index in [0.717, 1.165) is 37.3 Å². The standard InChI is InChI=1S/C30H28ClF3N4O/c31-25-11-12-28-35-20-27(38(28)21-25)26(23-9-4-10-24(18-23)30(32,33)34)19-29(39)37-16-14-36(15-17-37)13-5-8-22-6-2-1-3-7-22/h1-12,18,20-21,26H,13-17,19H2. The molecule has 2 aromatic heterocycles. The summed E-state index contributed by atoms with van der Waals surface area (Å²) in [6.07, 6.45) is 3.02. The number of fused-ring (bicyclic) bond motifs is 1. The summed E-state index contributed by atoms with van der Waals surface area (Å²) in [5.41, 5.74) is 2.02. The molecule has 0 N–H and O–H groups in total. The van der Waals surface area contributed by atoms with Crippen LogP contribution in [0.1, 0.15) is 34.7 Å². The van der Waals surface area contributed by atoms with Crippen molar-refractivity contribution in [1.82, 2.24) is 19.2 Å². The van der Waals surface area contributed by atoms with E-state index in [-0.39, 0.29) is 12.3 Å². The number of benzene rings is 2. The Bertz CT molecular complexity index is 1460. The van der Waals surface area contributed by atoms with E-state index in [1.54, 1.807) is 39.9 Å². The number of halogens is 4. The van der Waals surface area contributed by atoms with Crippen molar-refractivity contribution in [2.24, 2.45) is 0 Å². The van der Waals surface area contributed by atoms with E-state index in [1.165, 1.54) is 6.07 Å². The highest BCUT2D eigenvalue weighted by atomic mass is 35.5. The van der Waals surface area contributed by atoms with Crippen LogP contribution in [0.25, 0.3) is 11.7 Å². The number of carbonyl (C=O) groups excluding carboxylic acids is 1. The van der Waals surface area contributed by atoms with Crippen molar-refractivity contribution in [1.29, 1.82) is 0 Å². The molecule has 1 aliphatic rings. The molecule has 202 valence electrons. The number of aromatic nitrogens is 2. The molecule has 0 spiro atoms. The van der Waals surface area contributed by atoms with Gasteiger partial charge >= 0.3 is 6.18 Å². The first-order valence-electron chi connectivity index (χ1n) is 12.8. The summed E-state index contributed by atoms with van der Waals surface area (Å²) in [4.78, 5) is 22.0. The minimum absolute atomic E-state index is 0.0233. The van der Waals surface area contributed by atoms with Gasteiger partial charge in [-0.15, -0.1) is 0 Å². The zero-order chi connectivity index (χ0) is 27.4. The molecule has 5 rings (SSSR count). The number of hydrogen-bond acceptors (Lipinski definition) is 3. The van der Waals surface area contributed by atoms with Gasteiger partial charge in [-0.2, -0.15) is 13.2 Å². The number of rotatable bonds is 7. The second kappa shape index (κ2) is 11.6. The topological polar surface area (TPSA) is 40.9 Å². The van der Waals surface area contributed by atoms with Crippen molar-refractivity contribution >= 4 is 29.2 Å². The summed E-state index contributed by atoms with van der Waals surface area (Å²) in [5.74, 6) is -0.728. The van der Waals surface area contributed by atoms with Crippen molar-refractivity contribution in [2.75, 3.05) is 32.7 Å². The zero-order valence-electron chi connectivity index (χ0n) is 21.2. The van der Waals surface area contributed by atoms with Crippen LogP contribution in [0, 0.1) is 0 Å². The first kappa shape index (κ1) is 27.0. The average Bonchev–Trinajstić information content (AvgIpc) is 3.35. The fourth-order valence-electron chi connectivity index (χ4n) is 4.94. The van der Waals surface area contributed by atoms with Crippen LogP contribution in [0.15, 0.2) is 85.2 Å². The first-order valence-corrected chi connectivity index (χ1v) is 13.2. The van der Waals surface area contributed by atoms with Gasteiger partial charge in [-0.3, -0.25) is 9.69 Å². The van der Waals surface area contributed by atoms with E-state index in [4.69, 9.17) is 11.6 Å². The number of imidazole rings is 1. The molecule has 1 unspecified atom stereocenters. The van der Waals surface area contributed by atoms with Crippen molar-refractivity contribution in [3.05, 3.63) is 113 Å². The van der Waals surface area contributed by atoms with E-state index in [9.17, 15) is 18.0 Å². The molecule has 1 fully saturated rings. The smallest absolute Gasteiger partial charge is 0.340 e. The van der Waals surface area contributed by atoms with E-state index < -0.39 is 17.7 Å². The van der Waals surface area contributed by atoms with Crippen LogP contribution in [0.2, 0.25) is 5.02 Å². The van der Waals surface area contributed by atoms with Crippen LogP contribution in [0.5, 0.6) is 0 Å². The van der Waals surface area contributed by atoms with Gasteiger partial charge in [-0.05, 0) is 29.3 Å². The zero-order valence-corrected chi connectivity index (χ0v) is 21.9. The Morgan fingerprint density at radius 2 is 1.77 bits per heavy atom. The van der Waals surface area contributed by atoms with Crippen molar-refractivity contribution < 1.29 is 18.0 Å². The molecule has 1 aliphatic heterocycles. The maximum absolute atomic E-state index is 13.5. The van der Waals surface area contributed by atoms with Crippen LogP contribution >= 0.6 is 11.6 Å². The molecule has 4 aromatic rings. The van der Waals surface area contributed by atoms with Crippen LogP contribution in [-0.4, -0.2) is 57.8 Å². The Morgan fingerprint density at radius 3 is 2.51 bits per heavy atom. The van der Waals surface area contributed by atoms with Gasteiger partial charge in [0.15, 0.2) is 0 Å². The number of hydrogen-bond donors (Lipinski definition) is 0. The van der Waals surface area contributed by atoms with Gasteiger partial charge in [0.1, 0.15) is 5.65 Å². The monoisotopic (exact) mass is 552 g/mol. The largest absolute Gasteiger partial charge is 0.416 e. The van der Waals surface area contributed by atoms with Gasteiger partial charge < -0.3 is 9.30 Å². The number of carbonyl (C=O) groups is 1. The number of pyridine rings is 1. The Hall–Kier alpha value is -3.62. The molecule has 0 saturated carbocycles. The van der Waals surface area contributed by atoms with E-state index in [0.29, 0.717) is 35.0 Å². The number of amides is 1. The van der Waals surface area contributed by atoms with Gasteiger partial charge in [-0.25, -0.2) is 4.98 Å². The number of alkyl halides is 3. The molecule has 39 heavy (non-hydrogen) atoms. The predicted octanol–water partition coefficient (Wildman–Crippen LogP) is 6.39. The van der Waals surface area contributed by atoms with E-state index >= 15 is 0 Å².